The summed E-state index contributed by atoms with van der Waals surface area (Å²) in [6, 6.07) is 4.36. The highest BCUT2D eigenvalue weighted by atomic mass is 32.1. The Bertz CT molecular complexity index is 410. The Morgan fingerprint density at radius 3 is 2.84 bits per heavy atom. The van der Waals surface area contributed by atoms with E-state index in [4.69, 9.17) is 0 Å². The van der Waals surface area contributed by atoms with Crippen molar-refractivity contribution >= 4 is 17.2 Å². The number of nitrogens with one attached hydrogen (secondary N) is 2. The van der Waals surface area contributed by atoms with Crippen LogP contribution in [0.5, 0.6) is 0 Å². The first-order valence-electron chi connectivity index (χ1n) is 7.21. The third kappa shape index (κ3) is 4.62. The molecule has 1 saturated heterocycles. The van der Waals surface area contributed by atoms with Gasteiger partial charge in [-0.05, 0) is 64.3 Å². The Kier molecular flexibility index (Phi) is 5.40. The molecule has 19 heavy (non-hydrogen) atoms. The molecule has 0 aromatic carbocycles. The second-order valence-corrected chi connectivity index (χ2v) is 6.79. The molecular formula is C15H24N2OS. The van der Waals surface area contributed by atoms with E-state index in [1.807, 2.05) is 0 Å². The van der Waals surface area contributed by atoms with Crippen LogP contribution in [0, 0.1) is 12.8 Å². The molecule has 0 aliphatic carbocycles. The van der Waals surface area contributed by atoms with Gasteiger partial charge in [-0.2, -0.15) is 0 Å². The molecule has 2 N–H and O–H groups in total. The predicted octanol–water partition coefficient (Wildman–Crippen LogP) is 3.01. The molecule has 106 valence electrons. The fourth-order valence-electron chi connectivity index (χ4n) is 2.58. The fourth-order valence-corrected chi connectivity index (χ4v) is 3.46. The van der Waals surface area contributed by atoms with Gasteiger partial charge in [-0.15, -0.1) is 11.3 Å². The summed E-state index contributed by atoms with van der Waals surface area (Å²) in [5, 5.41) is 6.46. The molecule has 3 nitrogen and oxygen atoms in total. The lowest BCUT2D eigenvalue weighted by atomic mass is 9.93. The van der Waals surface area contributed by atoms with Gasteiger partial charge < -0.3 is 10.6 Å². The van der Waals surface area contributed by atoms with Crippen LogP contribution in [0.4, 0.5) is 0 Å². The van der Waals surface area contributed by atoms with E-state index in [9.17, 15) is 4.79 Å². The topological polar surface area (TPSA) is 41.1 Å². The summed E-state index contributed by atoms with van der Waals surface area (Å²) in [6.07, 6.45) is 4.13. The van der Waals surface area contributed by atoms with E-state index in [-0.39, 0.29) is 11.9 Å². The Balaban J connectivity index is 1.71. The first kappa shape index (κ1) is 14.5. The van der Waals surface area contributed by atoms with Crippen LogP contribution in [0.15, 0.2) is 12.1 Å². The SMILES string of the molecule is Cc1ccc(C(C)NC(=O)CCC2CCNCC2)s1. The molecule has 0 bridgehead atoms. The van der Waals surface area contributed by atoms with Gasteiger partial charge in [-0.1, -0.05) is 0 Å². The number of carbonyl (C=O) groups excluding carboxylic acids is 1. The van der Waals surface area contributed by atoms with Crippen molar-refractivity contribution in [3.8, 4) is 0 Å². The quantitative estimate of drug-likeness (QED) is 0.870. The minimum Gasteiger partial charge on any atom is -0.349 e. The van der Waals surface area contributed by atoms with Crippen LogP contribution in [-0.2, 0) is 4.79 Å². The lowest BCUT2D eigenvalue weighted by Gasteiger charge is -2.22. The van der Waals surface area contributed by atoms with E-state index in [2.05, 4.69) is 36.6 Å². The van der Waals surface area contributed by atoms with Gasteiger partial charge in [0, 0.05) is 16.2 Å². The average molecular weight is 280 g/mol. The highest BCUT2D eigenvalue weighted by Crippen LogP contribution is 2.23. The van der Waals surface area contributed by atoms with Crippen molar-refractivity contribution < 1.29 is 4.79 Å². The van der Waals surface area contributed by atoms with Gasteiger partial charge in [-0.25, -0.2) is 0 Å². The molecule has 1 amide bonds. The Hall–Kier alpha value is -0.870. The van der Waals surface area contributed by atoms with Crippen molar-refractivity contribution in [3.63, 3.8) is 0 Å². The van der Waals surface area contributed by atoms with Crippen molar-refractivity contribution in [2.75, 3.05) is 13.1 Å². The van der Waals surface area contributed by atoms with Crippen LogP contribution in [0.25, 0.3) is 0 Å². The number of hydrogen-bond acceptors (Lipinski definition) is 3. The molecule has 1 fully saturated rings. The van der Waals surface area contributed by atoms with E-state index in [0.717, 1.165) is 25.4 Å². The number of thiophene rings is 1. The second-order valence-electron chi connectivity index (χ2n) is 5.47. The molecule has 4 heteroatoms. The minimum absolute atomic E-state index is 0.138. The fraction of sp³-hybridized carbons (Fsp3) is 0.667. The van der Waals surface area contributed by atoms with E-state index in [0.29, 0.717) is 6.42 Å². The van der Waals surface area contributed by atoms with Gasteiger partial charge in [0.1, 0.15) is 0 Å². The molecule has 2 heterocycles. The van der Waals surface area contributed by atoms with Crippen molar-refractivity contribution in [3.05, 3.63) is 21.9 Å². The number of carbonyl (C=O) groups is 1. The maximum absolute atomic E-state index is 12.0. The summed E-state index contributed by atoms with van der Waals surface area (Å²) >= 11 is 1.76. The maximum atomic E-state index is 12.0. The summed E-state index contributed by atoms with van der Waals surface area (Å²) in [7, 11) is 0. The molecule has 0 saturated carbocycles. The molecule has 0 radical (unpaired) electrons. The van der Waals surface area contributed by atoms with Crippen LogP contribution >= 0.6 is 11.3 Å². The summed E-state index contributed by atoms with van der Waals surface area (Å²) in [4.78, 5) is 14.5. The number of amides is 1. The van der Waals surface area contributed by atoms with Gasteiger partial charge >= 0.3 is 0 Å². The van der Waals surface area contributed by atoms with Crippen molar-refractivity contribution in [1.82, 2.24) is 10.6 Å². The van der Waals surface area contributed by atoms with E-state index < -0.39 is 0 Å². The highest BCUT2D eigenvalue weighted by Gasteiger charge is 2.16. The van der Waals surface area contributed by atoms with Gasteiger partial charge in [0.25, 0.3) is 0 Å². The number of rotatable bonds is 5. The standard InChI is InChI=1S/C15H24N2OS/c1-11-3-5-14(19-11)12(2)17-15(18)6-4-13-7-9-16-10-8-13/h3,5,12-13,16H,4,6-10H2,1-2H3,(H,17,18). The van der Waals surface area contributed by atoms with E-state index >= 15 is 0 Å². The lowest BCUT2D eigenvalue weighted by molar-refractivity contribution is -0.122. The zero-order valence-corrected chi connectivity index (χ0v) is 12.7. The molecule has 0 spiro atoms. The molecule has 1 aromatic heterocycles. The Morgan fingerprint density at radius 1 is 1.47 bits per heavy atom. The number of piperidine rings is 1. The smallest absolute Gasteiger partial charge is 0.220 e. The molecule has 1 unspecified atom stereocenters. The molecule has 1 aromatic rings. The summed E-state index contributed by atoms with van der Waals surface area (Å²) < 4.78 is 0. The zero-order valence-electron chi connectivity index (χ0n) is 11.9. The van der Waals surface area contributed by atoms with Gasteiger partial charge in [0.05, 0.1) is 6.04 Å². The molecular weight excluding hydrogens is 256 g/mol. The number of aryl methyl sites for hydroxylation is 1. The molecule has 1 aliphatic heterocycles. The molecule has 1 aliphatic rings. The Morgan fingerprint density at radius 2 is 2.21 bits per heavy atom. The maximum Gasteiger partial charge on any atom is 0.220 e. The van der Waals surface area contributed by atoms with Crippen molar-refractivity contribution in [2.24, 2.45) is 5.92 Å². The van der Waals surface area contributed by atoms with E-state index in [1.165, 1.54) is 22.6 Å². The molecule has 2 rings (SSSR count). The third-order valence-electron chi connectivity index (χ3n) is 3.80. The summed E-state index contributed by atoms with van der Waals surface area (Å²) in [6.45, 7) is 6.38. The Labute approximate surface area is 119 Å². The monoisotopic (exact) mass is 280 g/mol. The van der Waals surface area contributed by atoms with Crippen LogP contribution in [0.1, 0.15) is 48.4 Å². The summed E-state index contributed by atoms with van der Waals surface area (Å²) in [5.41, 5.74) is 0. The van der Waals surface area contributed by atoms with Crippen molar-refractivity contribution in [2.45, 2.75) is 45.6 Å². The molecule has 1 atom stereocenters. The average Bonchev–Trinajstić information content (AvgIpc) is 2.84. The summed E-state index contributed by atoms with van der Waals surface area (Å²) in [5.74, 6) is 0.920. The van der Waals surface area contributed by atoms with Crippen molar-refractivity contribution in [1.29, 1.82) is 0 Å². The largest absolute Gasteiger partial charge is 0.349 e. The first-order valence-corrected chi connectivity index (χ1v) is 8.03. The predicted molar refractivity (Wildman–Crippen MR) is 80.4 cm³/mol. The normalized spacial score (nSPS) is 18.2. The number of hydrogen-bond donors (Lipinski definition) is 2. The third-order valence-corrected chi connectivity index (χ3v) is 4.99. The first-order chi connectivity index (χ1) is 9.15. The van der Waals surface area contributed by atoms with Crippen LogP contribution in [0.3, 0.4) is 0 Å². The van der Waals surface area contributed by atoms with Crippen LogP contribution in [0.2, 0.25) is 0 Å². The van der Waals surface area contributed by atoms with Gasteiger partial charge in [0.2, 0.25) is 5.91 Å². The lowest BCUT2D eigenvalue weighted by Crippen LogP contribution is -2.30. The van der Waals surface area contributed by atoms with Gasteiger partial charge in [-0.3, -0.25) is 4.79 Å². The van der Waals surface area contributed by atoms with E-state index in [1.54, 1.807) is 11.3 Å². The van der Waals surface area contributed by atoms with Crippen LogP contribution in [-0.4, -0.2) is 19.0 Å². The highest BCUT2D eigenvalue weighted by molar-refractivity contribution is 7.12. The van der Waals surface area contributed by atoms with Gasteiger partial charge in [0.15, 0.2) is 0 Å². The second kappa shape index (κ2) is 7.06. The minimum atomic E-state index is 0.138. The zero-order chi connectivity index (χ0) is 13.7. The van der Waals surface area contributed by atoms with Crippen LogP contribution < -0.4 is 10.6 Å².